The van der Waals surface area contributed by atoms with Crippen molar-refractivity contribution in [3.63, 3.8) is 0 Å². The van der Waals surface area contributed by atoms with Gasteiger partial charge in [-0.15, -0.1) is 0 Å². The Bertz CT molecular complexity index is 284. The van der Waals surface area contributed by atoms with E-state index in [9.17, 15) is 0 Å². The van der Waals surface area contributed by atoms with E-state index in [1.807, 2.05) is 0 Å². The van der Waals surface area contributed by atoms with Crippen LogP contribution in [0.2, 0.25) is 0 Å². The van der Waals surface area contributed by atoms with Gasteiger partial charge >= 0.3 is 0 Å². The molecule has 3 atom stereocenters. The van der Waals surface area contributed by atoms with Gasteiger partial charge in [0.05, 0.1) is 0 Å². The molecular weight excluding hydrogens is 288 g/mol. The minimum absolute atomic E-state index is 0.756. The van der Waals surface area contributed by atoms with Crippen molar-refractivity contribution in [3.8, 4) is 0 Å². The molecule has 0 N–H and O–H groups in total. The van der Waals surface area contributed by atoms with Crippen LogP contribution >= 0.6 is 0 Å². The maximum Gasteiger partial charge on any atom is -0.0236 e. The lowest BCUT2D eigenvalue weighted by molar-refractivity contribution is 0.423. The summed E-state index contributed by atoms with van der Waals surface area (Å²) in [6, 6.07) is 0. The SMILES string of the molecule is CCCCC=CC(C)C(C)CC.CCCCC=CCC(C)C(C)C. The number of hydrogen-bond donors (Lipinski definition) is 0. The molecule has 24 heavy (non-hydrogen) atoms. The van der Waals surface area contributed by atoms with Gasteiger partial charge in [0.25, 0.3) is 0 Å². The van der Waals surface area contributed by atoms with E-state index in [1.54, 1.807) is 0 Å². The highest BCUT2D eigenvalue weighted by molar-refractivity contribution is 4.88. The molecular formula is C24H48. The third kappa shape index (κ3) is 17.8. The summed E-state index contributed by atoms with van der Waals surface area (Å²) < 4.78 is 0. The number of hydrogen-bond acceptors (Lipinski definition) is 0. The molecule has 0 aliphatic heterocycles. The summed E-state index contributed by atoms with van der Waals surface area (Å²) in [5.74, 6) is 3.25. The van der Waals surface area contributed by atoms with E-state index in [-0.39, 0.29) is 0 Å². The fourth-order valence-corrected chi connectivity index (χ4v) is 2.22. The van der Waals surface area contributed by atoms with E-state index in [0.717, 1.165) is 23.7 Å². The van der Waals surface area contributed by atoms with Crippen LogP contribution in [0.1, 0.15) is 107 Å². The second-order valence-corrected chi connectivity index (χ2v) is 7.89. The summed E-state index contributed by atoms with van der Waals surface area (Å²) in [7, 11) is 0. The first-order chi connectivity index (χ1) is 11.4. The standard InChI is InChI=1S/2C12H24/c1-5-6-7-8-9-10-12(4)11(2)3;1-5-7-8-9-10-12(4)11(3)6-2/h8-9,11-12H,5-7,10H2,1-4H3;9-12H,5-8H2,1-4H3. The van der Waals surface area contributed by atoms with Crippen LogP contribution in [0.15, 0.2) is 24.3 Å². The zero-order valence-corrected chi connectivity index (χ0v) is 18.3. The van der Waals surface area contributed by atoms with Crippen molar-refractivity contribution in [2.45, 2.75) is 107 Å². The predicted molar refractivity (Wildman–Crippen MR) is 115 cm³/mol. The first kappa shape index (κ1) is 25.7. The zero-order chi connectivity index (χ0) is 18.8. The van der Waals surface area contributed by atoms with Crippen LogP contribution in [0.25, 0.3) is 0 Å². The normalized spacial score (nSPS) is 15.5. The third-order valence-corrected chi connectivity index (χ3v) is 5.24. The number of allylic oxidation sites excluding steroid dienone is 4. The maximum atomic E-state index is 2.38. The van der Waals surface area contributed by atoms with E-state index in [2.05, 4.69) is 79.7 Å². The van der Waals surface area contributed by atoms with Crippen molar-refractivity contribution in [1.29, 1.82) is 0 Å². The van der Waals surface area contributed by atoms with Crippen molar-refractivity contribution in [2.75, 3.05) is 0 Å². The van der Waals surface area contributed by atoms with Gasteiger partial charge in [-0.2, -0.15) is 0 Å². The van der Waals surface area contributed by atoms with Gasteiger partial charge in [-0.1, -0.05) is 112 Å². The second kappa shape index (κ2) is 18.8. The molecule has 0 fully saturated rings. The first-order valence-electron chi connectivity index (χ1n) is 10.7. The van der Waals surface area contributed by atoms with Crippen molar-refractivity contribution < 1.29 is 0 Å². The highest BCUT2D eigenvalue weighted by Gasteiger charge is 2.05. The van der Waals surface area contributed by atoms with E-state index in [1.165, 1.54) is 51.4 Å². The van der Waals surface area contributed by atoms with Gasteiger partial charge in [0, 0.05) is 0 Å². The average molecular weight is 337 g/mol. The van der Waals surface area contributed by atoms with Crippen LogP contribution in [-0.2, 0) is 0 Å². The van der Waals surface area contributed by atoms with Gasteiger partial charge in [-0.25, -0.2) is 0 Å². The summed E-state index contributed by atoms with van der Waals surface area (Å²) in [6.45, 7) is 18.3. The molecule has 0 saturated heterocycles. The molecule has 0 aromatic heterocycles. The van der Waals surface area contributed by atoms with Gasteiger partial charge in [0.1, 0.15) is 0 Å². The summed E-state index contributed by atoms with van der Waals surface area (Å²) in [4.78, 5) is 0. The van der Waals surface area contributed by atoms with Gasteiger partial charge in [-0.05, 0) is 42.9 Å². The Morgan fingerprint density at radius 1 is 0.667 bits per heavy atom. The van der Waals surface area contributed by atoms with Gasteiger partial charge in [0.15, 0.2) is 0 Å². The lowest BCUT2D eigenvalue weighted by Crippen LogP contribution is -2.02. The van der Waals surface area contributed by atoms with E-state index in [0.29, 0.717) is 0 Å². The summed E-state index contributed by atoms with van der Waals surface area (Å²) in [5.41, 5.74) is 0. The summed E-state index contributed by atoms with van der Waals surface area (Å²) in [5, 5.41) is 0. The zero-order valence-electron chi connectivity index (χ0n) is 18.3. The minimum Gasteiger partial charge on any atom is -0.0885 e. The Morgan fingerprint density at radius 2 is 1.21 bits per heavy atom. The third-order valence-electron chi connectivity index (χ3n) is 5.24. The molecule has 0 nitrogen and oxygen atoms in total. The molecule has 0 bridgehead atoms. The Labute approximate surface area is 155 Å². The molecule has 0 heterocycles. The largest absolute Gasteiger partial charge is 0.0885 e. The van der Waals surface area contributed by atoms with Gasteiger partial charge in [-0.3, -0.25) is 0 Å². The fourth-order valence-electron chi connectivity index (χ4n) is 2.22. The molecule has 0 aliphatic carbocycles. The van der Waals surface area contributed by atoms with E-state index >= 15 is 0 Å². The highest BCUT2D eigenvalue weighted by Crippen LogP contribution is 2.16. The Balaban J connectivity index is 0. The molecule has 0 saturated carbocycles. The number of unbranched alkanes of at least 4 members (excludes halogenated alkanes) is 4. The second-order valence-electron chi connectivity index (χ2n) is 7.89. The van der Waals surface area contributed by atoms with Crippen LogP contribution in [-0.4, -0.2) is 0 Å². The Hall–Kier alpha value is -0.520. The maximum absolute atomic E-state index is 2.38. The quantitative estimate of drug-likeness (QED) is 0.246. The Morgan fingerprint density at radius 3 is 1.67 bits per heavy atom. The van der Waals surface area contributed by atoms with Crippen molar-refractivity contribution in [2.24, 2.45) is 23.7 Å². The fraction of sp³-hybridized carbons (Fsp3) is 0.833. The highest BCUT2D eigenvalue weighted by atomic mass is 14.1. The first-order valence-corrected chi connectivity index (χ1v) is 10.7. The lowest BCUT2D eigenvalue weighted by atomic mass is 9.93. The van der Waals surface area contributed by atoms with Crippen LogP contribution in [0.4, 0.5) is 0 Å². The van der Waals surface area contributed by atoms with Crippen molar-refractivity contribution >= 4 is 0 Å². The molecule has 0 aromatic rings. The predicted octanol–water partition coefficient (Wildman–Crippen LogP) is 8.83. The molecule has 0 rings (SSSR count). The van der Waals surface area contributed by atoms with Crippen LogP contribution in [0, 0.1) is 23.7 Å². The van der Waals surface area contributed by atoms with Crippen molar-refractivity contribution in [3.05, 3.63) is 24.3 Å². The monoisotopic (exact) mass is 336 g/mol. The molecule has 0 aromatic carbocycles. The average Bonchev–Trinajstić information content (AvgIpc) is 2.57. The van der Waals surface area contributed by atoms with Gasteiger partial charge in [0.2, 0.25) is 0 Å². The molecule has 3 unspecified atom stereocenters. The molecule has 0 amide bonds. The van der Waals surface area contributed by atoms with Crippen molar-refractivity contribution in [1.82, 2.24) is 0 Å². The van der Waals surface area contributed by atoms with Crippen LogP contribution in [0.5, 0.6) is 0 Å². The molecule has 0 radical (unpaired) electrons. The van der Waals surface area contributed by atoms with Crippen LogP contribution in [0.3, 0.4) is 0 Å². The number of rotatable bonds is 12. The summed E-state index contributed by atoms with van der Waals surface area (Å²) in [6.07, 6.45) is 19.8. The summed E-state index contributed by atoms with van der Waals surface area (Å²) >= 11 is 0. The molecule has 0 spiro atoms. The van der Waals surface area contributed by atoms with E-state index < -0.39 is 0 Å². The topological polar surface area (TPSA) is 0 Å². The lowest BCUT2D eigenvalue weighted by Gasteiger charge is -2.13. The van der Waals surface area contributed by atoms with E-state index in [4.69, 9.17) is 0 Å². The minimum atomic E-state index is 0.756. The van der Waals surface area contributed by atoms with Crippen LogP contribution < -0.4 is 0 Å². The smallest absolute Gasteiger partial charge is 0.0236 e. The molecule has 0 heteroatoms. The molecule has 0 aliphatic rings. The van der Waals surface area contributed by atoms with Gasteiger partial charge < -0.3 is 0 Å². The molecule has 144 valence electrons. The Kier molecular flexibility index (Phi) is 20.2.